The molecule has 2 aromatic heterocycles. The summed E-state index contributed by atoms with van der Waals surface area (Å²) in [5.41, 5.74) is 7.81. The van der Waals surface area contributed by atoms with Gasteiger partial charge in [0, 0.05) is 74.2 Å². The van der Waals surface area contributed by atoms with Gasteiger partial charge in [-0.2, -0.15) is 0 Å². The van der Waals surface area contributed by atoms with Crippen LogP contribution in [-0.4, -0.2) is 112 Å². The van der Waals surface area contributed by atoms with E-state index in [0.717, 1.165) is 104 Å². The van der Waals surface area contributed by atoms with E-state index >= 15 is 0 Å². The molecule has 1 aliphatic carbocycles. The second-order valence-corrected chi connectivity index (χ2v) is 21.0. The third kappa shape index (κ3) is 9.37. The lowest BCUT2D eigenvalue weighted by atomic mass is 9.72. The molecule has 18 heteroatoms. The molecule has 3 saturated heterocycles. The molecule has 4 aliphatic heterocycles. The molecular weight excluding hydrogens is 896 g/mol. The van der Waals surface area contributed by atoms with Crippen molar-refractivity contribution in [2.45, 2.75) is 69.1 Å². The van der Waals surface area contributed by atoms with Crippen molar-refractivity contribution in [3.05, 3.63) is 117 Å². The molecule has 0 spiro atoms. The number of aromatic nitrogens is 2. The van der Waals surface area contributed by atoms with E-state index in [9.17, 15) is 23.3 Å². The van der Waals surface area contributed by atoms with Crippen molar-refractivity contribution >= 4 is 72.6 Å². The van der Waals surface area contributed by atoms with Crippen molar-refractivity contribution in [2.24, 2.45) is 5.41 Å². The normalized spacial score (nSPS) is 22.1. The van der Waals surface area contributed by atoms with Gasteiger partial charge in [0.25, 0.3) is 21.6 Å². The first-order valence-corrected chi connectivity index (χ1v) is 24.9. The predicted molar refractivity (Wildman–Crippen MR) is 258 cm³/mol. The summed E-state index contributed by atoms with van der Waals surface area (Å²) >= 11 is 6.28. The molecule has 6 heterocycles. The molecule has 3 aromatic carbocycles. The number of nitro benzene ring substituents is 1. The first-order valence-electron chi connectivity index (χ1n) is 23.1. The van der Waals surface area contributed by atoms with E-state index in [1.807, 2.05) is 42.6 Å². The highest BCUT2D eigenvalue weighted by atomic mass is 35.5. The molecular formula is C49H55ClN8O8S. The van der Waals surface area contributed by atoms with Crippen LogP contribution in [0.1, 0.15) is 73.7 Å². The monoisotopic (exact) mass is 950 g/mol. The van der Waals surface area contributed by atoms with E-state index < -0.39 is 31.4 Å². The number of carbonyl (C=O) groups excluding carboxylic acids is 1. The fourth-order valence-electron chi connectivity index (χ4n) is 10.3. The van der Waals surface area contributed by atoms with Crippen LogP contribution in [0.2, 0.25) is 5.02 Å². The standard InChI is InChI=1S/C49H55ClN8O8S/c1-49(2)15-13-33(39(27-49)31-5-7-34(50)8-6-31)29-55-17-19-56(20-18-55)35-9-11-38(42(25-35)57-41-4-3-21-66-46(41)45-44(57)24-32-14-16-51-47(32)53-45)48(59)54-67(62,63)37-10-12-40(43(26-37)58(60)61)52-28-36-30-64-22-23-65-36/h5-12,14,16,24-26,36,41,46,52H,3-4,13,15,17-23,27-30H2,1-2H3,(H,51,53)(H,54,59)/t36-,41?,46?/m0/s1. The minimum absolute atomic E-state index is 0.114. The Kier molecular flexibility index (Phi) is 12.5. The van der Waals surface area contributed by atoms with Crippen LogP contribution >= 0.6 is 11.6 Å². The Morgan fingerprint density at radius 1 is 0.985 bits per heavy atom. The summed E-state index contributed by atoms with van der Waals surface area (Å²) in [5.74, 6) is -0.872. The third-order valence-corrected chi connectivity index (χ3v) is 15.4. The maximum Gasteiger partial charge on any atom is 0.293 e. The van der Waals surface area contributed by atoms with Crippen molar-refractivity contribution in [3.63, 3.8) is 0 Å². The van der Waals surface area contributed by atoms with E-state index in [4.69, 9.17) is 30.8 Å². The molecule has 16 nitrogen and oxygen atoms in total. The van der Waals surface area contributed by atoms with Crippen LogP contribution in [-0.2, 0) is 24.2 Å². The topological polar surface area (TPSA) is 185 Å². The van der Waals surface area contributed by atoms with Crippen molar-refractivity contribution in [2.75, 3.05) is 80.8 Å². The number of allylic oxidation sites excluding steroid dienone is 1. The lowest BCUT2D eigenvalue weighted by molar-refractivity contribution is -0.384. The molecule has 0 radical (unpaired) electrons. The number of H-pyrrole nitrogens is 1. The largest absolute Gasteiger partial charge is 0.377 e. The summed E-state index contributed by atoms with van der Waals surface area (Å²) in [5, 5.41) is 16.8. The highest BCUT2D eigenvalue weighted by Gasteiger charge is 2.45. The molecule has 5 aromatic rings. The average molecular weight is 952 g/mol. The van der Waals surface area contributed by atoms with Crippen LogP contribution in [0.25, 0.3) is 16.6 Å². The molecule has 1 amide bonds. The van der Waals surface area contributed by atoms with Crippen LogP contribution in [0.4, 0.5) is 28.4 Å². The number of nitro groups is 1. The highest BCUT2D eigenvalue weighted by molar-refractivity contribution is 7.90. The van der Waals surface area contributed by atoms with Gasteiger partial charge in [0.1, 0.15) is 17.4 Å². The molecule has 352 valence electrons. The molecule has 2 unspecified atom stereocenters. The number of aromatic amines is 1. The summed E-state index contributed by atoms with van der Waals surface area (Å²) in [6.45, 7) is 10.7. The Hall–Kier alpha value is -5.56. The summed E-state index contributed by atoms with van der Waals surface area (Å²) in [4.78, 5) is 40.9. The molecule has 5 aliphatic rings. The van der Waals surface area contributed by atoms with Crippen LogP contribution in [0.3, 0.4) is 0 Å². The minimum atomic E-state index is -4.60. The predicted octanol–water partition coefficient (Wildman–Crippen LogP) is 8.23. The first kappa shape index (κ1) is 45.2. The van der Waals surface area contributed by atoms with E-state index in [-0.39, 0.29) is 41.5 Å². The number of hydrogen-bond donors (Lipinski definition) is 3. The molecule has 10 rings (SSSR count). The van der Waals surface area contributed by atoms with Crippen molar-refractivity contribution in [3.8, 4) is 0 Å². The van der Waals surface area contributed by atoms with E-state index in [0.29, 0.717) is 32.1 Å². The maximum atomic E-state index is 14.6. The summed E-state index contributed by atoms with van der Waals surface area (Å²) in [6.07, 6.45) is 5.89. The van der Waals surface area contributed by atoms with Gasteiger partial charge in [0.2, 0.25) is 0 Å². The quantitative estimate of drug-likeness (QED) is 0.0804. The number of nitrogens with one attached hydrogen (secondary N) is 3. The highest BCUT2D eigenvalue weighted by Crippen LogP contribution is 2.51. The number of nitrogens with zero attached hydrogens (tertiary/aromatic N) is 5. The third-order valence-electron chi connectivity index (χ3n) is 13.8. The Labute approximate surface area is 394 Å². The van der Waals surface area contributed by atoms with Crippen molar-refractivity contribution in [1.82, 2.24) is 19.6 Å². The second-order valence-electron chi connectivity index (χ2n) is 18.9. The average Bonchev–Trinajstić information content (AvgIpc) is 3.92. The Morgan fingerprint density at radius 3 is 2.58 bits per heavy atom. The number of rotatable bonds is 12. The van der Waals surface area contributed by atoms with Crippen molar-refractivity contribution in [1.29, 1.82) is 0 Å². The van der Waals surface area contributed by atoms with Gasteiger partial charge in [-0.3, -0.25) is 19.8 Å². The van der Waals surface area contributed by atoms with Crippen LogP contribution in [0.5, 0.6) is 0 Å². The zero-order valence-electron chi connectivity index (χ0n) is 37.6. The molecule has 0 saturated carbocycles. The van der Waals surface area contributed by atoms with Gasteiger partial charge in [0.15, 0.2) is 0 Å². The molecule has 3 atom stereocenters. The van der Waals surface area contributed by atoms with Gasteiger partial charge >= 0.3 is 0 Å². The molecule has 0 bridgehead atoms. The Balaban J connectivity index is 0.943. The Morgan fingerprint density at radius 2 is 1.81 bits per heavy atom. The number of carbonyl (C=O) groups is 1. The lowest BCUT2D eigenvalue weighted by Gasteiger charge is -2.40. The van der Waals surface area contributed by atoms with Crippen LogP contribution in [0.15, 0.2) is 89.5 Å². The summed E-state index contributed by atoms with van der Waals surface area (Å²) in [6, 6.07) is 21.1. The summed E-state index contributed by atoms with van der Waals surface area (Å²) in [7, 11) is -4.60. The minimum Gasteiger partial charge on any atom is -0.377 e. The zero-order chi connectivity index (χ0) is 46.5. The Bertz CT molecular complexity index is 2840. The number of halogens is 1. The molecule has 3 N–H and O–H groups in total. The number of sulfonamides is 1. The van der Waals surface area contributed by atoms with E-state index in [1.54, 1.807) is 6.07 Å². The molecule has 3 fully saturated rings. The van der Waals surface area contributed by atoms with Gasteiger partial charge in [-0.25, -0.2) is 18.1 Å². The number of pyridine rings is 1. The number of ether oxygens (including phenoxy) is 3. The number of fused-ring (bicyclic) bond motifs is 4. The SMILES string of the molecule is CC1(C)CCC(CN2CCN(c3ccc(C(=O)NS(=O)(=O)c4ccc(NC[C@H]5COCCO5)c([N+](=O)[O-])c4)c(N4c5cc6cc[nH]c6nc5C5OCCCC54)c3)CC2)=C(c2ccc(Cl)cc2)C1. The van der Waals surface area contributed by atoms with Gasteiger partial charge in [-0.1, -0.05) is 43.2 Å². The van der Waals surface area contributed by atoms with Crippen molar-refractivity contribution < 1.29 is 32.3 Å². The van der Waals surface area contributed by atoms with E-state index in [2.05, 4.69) is 55.7 Å². The van der Waals surface area contributed by atoms with Gasteiger partial charge in [-0.05, 0) is 103 Å². The van der Waals surface area contributed by atoms with E-state index in [1.165, 1.54) is 28.8 Å². The van der Waals surface area contributed by atoms with Gasteiger partial charge < -0.3 is 34.3 Å². The van der Waals surface area contributed by atoms with Gasteiger partial charge in [-0.15, -0.1) is 0 Å². The smallest absolute Gasteiger partial charge is 0.293 e. The summed E-state index contributed by atoms with van der Waals surface area (Å²) < 4.78 is 47.8. The number of benzene rings is 3. The number of piperazine rings is 1. The van der Waals surface area contributed by atoms with Crippen LogP contribution in [0, 0.1) is 15.5 Å². The zero-order valence-corrected chi connectivity index (χ0v) is 39.2. The fraction of sp³-hybridized carbons (Fsp3) is 0.429. The van der Waals surface area contributed by atoms with Gasteiger partial charge in [0.05, 0.1) is 64.4 Å². The maximum absolute atomic E-state index is 14.6. The fourth-order valence-corrected chi connectivity index (χ4v) is 11.4. The first-order chi connectivity index (χ1) is 32.3. The second kappa shape index (κ2) is 18.5. The molecule has 67 heavy (non-hydrogen) atoms. The lowest BCUT2D eigenvalue weighted by Crippen LogP contribution is -2.47. The van der Waals surface area contributed by atoms with Crippen LogP contribution < -0.4 is 19.8 Å². The number of anilines is 4. The number of hydrogen-bond acceptors (Lipinski definition) is 13. The number of amides is 1.